The number of rotatable bonds is 5. The molecule has 1 aliphatic heterocycles. The number of fused-ring (bicyclic) bond motifs is 1. The Morgan fingerprint density at radius 2 is 2.21 bits per heavy atom. The second kappa shape index (κ2) is 6.49. The molecular weight excluding hydrogens is 366 g/mol. The molecule has 28 heavy (non-hydrogen) atoms. The molecule has 3 aromatic rings. The van der Waals surface area contributed by atoms with Crippen molar-refractivity contribution in [3.8, 4) is 5.95 Å². The van der Waals surface area contributed by atoms with Crippen LogP contribution in [-0.2, 0) is 9.53 Å². The van der Waals surface area contributed by atoms with Gasteiger partial charge < -0.3 is 20.5 Å². The zero-order chi connectivity index (χ0) is 19.3. The summed E-state index contributed by atoms with van der Waals surface area (Å²) in [5, 5.41) is 24.1. The minimum absolute atomic E-state index is 0.193. The second-order valence-corrected chi connectivity index (χ2v) is 6.90. The van der Waals surface area contributed by atoms with Crippen LogP contribution in [0.25, 0.3) is 17.1 Å². The third kappa shape index (κ3) is 2.86. The first kappa shape index (κ1) is 17.0. The van der Waals surface area contributed by atoms with E-state index in [1.54, 1.807) is 17.1 Å². The van der Waals surface area contributed by atoms with E-state index in [4.69, 9.17) is 4.74 Å². The number of imidazole rings is 1. The van der Waals surface area contributed by atoms with E-state index in [0.717, 1.165) is 12.8 Å². The molecule has 2 fully saturated rings. The first-order chi connectivity index (χ1) is 13.6. The number of carbonyl (C=O) groups excluding carboxylic acids is 1. The molecule has 3 N–H and O–H groups in total. The summed E-state index contributed by atoms with van der Waals surface area (Å²) in [6.07, 6.45) is 4.68. The Balaban J connectivity index is 1.58. The van der Waals surface area contributed by atoms with Gasteiger partial charge in [0.2, 0.25) is 5.91 Å². The van der Waals surface area contributed by atoms with E-state index in [1.165, 1.54) is 17.9 Å². The summed E-state index contributed by atoms with van der Waals surface area (Å²) in [5.41, 5.74) is 1.04. The van der Waals surface area contributed by atoms with E-state index in [1.807, 2.05) is 0 Å². The summed E-state index contributed by atoms with van der Waals surface area (Å²) >= 11 is 0. The highest BCUT2D eigenvalue weighted by atomic mass is 16.5. The molecule has 146 valence electrons. The maximum Gasteiger partial charge on any atom is 0.256 e. The van der Waals surface area contributed by atoms with E-state index < -0.39 is 18.4 Å². The van der Waals surface area contributed by atoms with Crippen LogP contribution in [0.3, 0.4) is 0 Å². The third-order valence-corrected chi connectivity index (χ3v) is 4.86. The molecule has 2 aliphatic rings. The molecule has 12 nitrogen and oxygen atoms in total. The molecule has 0 unspecified atom stereocenters. The molecule has 0 radical (unpaired) electrons. The predicted molar refractivity (Wildman–Crippen MR) is 95.5 cm³/mol. The van der Waals surface area contributed by atoms with Crippen molar-refractivity contribution in [3.63, 3.8) is 0 Å². The maximum absolute atomic E-state index is 11.9. The molecule has 1 saturated heterocycles. The van der Waals surface area contributed by atoms with Crippen molar-refractivity contribution in [2.45, 2.75) is 43.7 Å². The van der Waals surface area contributed by atoms with Gasteiger partial charge in [0.25, 0.3) is 5.95 Å². The zero-order valence-corrected chi connectivity index (χ0v) is 15.1. The SMILES string of the molecule is CNC(=O)[C@@H]1C[C@@H](O)[C@H](n2cnc3c(NC4CC4)nc(-n4ccnn4)nc32)O1. The Morgan fingerprint density at radius 3 is 2.93 bits per heavy atom. The van der Waals surface area contributed by atoms with Gasteiger partial charge in [0, 0.05) is 19.5 Å². The van der Waals surface area contributed by atoms with Gasteiger partial charge in [-0.15, -0.1) is 5.10 Å². The lowest BCUT2D eigenvalue weighted by Gasteiger charge is -2.17. The van der Waals surface area contributed by atoms with E-state index in [-0.39, 0.29) is 12.3 Å². The van der Waals surface area contributed by atoms with Gasteiger partial charge in [-0.2, -0.15) is 14.6 Å². The van der Waals surface area contributed by atoms with Crippen LogP contribution in [0, 0.1) is 0 Å². The molecule has 1 aliphatic carbocycles. The molecule has 1 amide bonds. The molecule has 3 aromatic heterocycles. The lowest BCUT2D eigenvalue weighted by Crippen LogP contribution is -2.31. The fourth-order valence-electron chi connectivity index (χ4n) is 3.26. The van der Waals surface area contributed by atoms with Crippen molar-refractivity contribution in [2.75, 3.05) is 12.4 Å². The van der Waals surface area contributed by atoms with Crippen LogP contribution in [-0.4, -0.2) is 70.8 Å². The smallest absolute Gasteiger partial charge is 0.256 e. The van der Waals surface area contributed by atoms with Crippen LogP contribution in [0.15, 0.2) is 18.7 Å². The van der Waals surface area contributed by atoms with Gasteiger partial charge in [0.15, 0.2) is 23.2 Å². The van der Waals surface area contributed by atoms with Gasteiger partial charge in [-0.05, 0) is 12.8 Å². The number of nitrogens with zero attached hydrogens (tertiary/aromatic N) is 7. The number of aromatic nitrogens is 7. The van der Waals surface area contributed by atoms with Gasteiger partial charge in [-0.25, -0.2) is 4.98 Å². The average molecular weight is 385 g/mol. The Morgan fingerprint density at radius 1 is 1.36 bits per heavy atom. The van der Waals surface area contributed by atoms with Crippen molar-refractivity contribution in [1.82, 2.24) is 39.8 Å². The number of nitrogens with one attached hydrogen (secondary N) is 2. The van der Waals surface area contributed by atoms with Crippen LogP contribution in [0.2, 0.25) is 0 Å². The van der Waals surface area contributed by atoms with E-state index in [0.29, 0.717) is 29.0 Å². The van der Waals surface area contributed by atoms with E-state index in [2.05, 4.69) is 35.9 Å². The monoisotopic (exact) mass is 385 g/mol. The van der Waals surface area contributed by atoms with E-state index >= 15 is 0 Å². The van der Waals surface area contributed by atoms with Gasteiger partial charge in [0.05, 0.1) is 18.7 Å². The first-order valence-electron chi connectivity index (χ1n) is 9.07. The average Bonchev–Trinajstić information content (AvgIpc) is 3.11. The Bertz CT molecular complexity index is 1010. The summed E-state index contributed by atoms with van der Waals surface area (Å²) < 4.78 is 8.87. The normalized spacial score (nSPS) is 24.6. The summed E-state index contributed by atoms with van der Waals surface area (Å²) in [6.45, 7) is 0. The molecule has 12 heteroatoms. The summed E-state index contributed by atoms with van der Waals surface area (Å²) in [4.78, 5) is 25.4. The van der Waals surface area contributed by atoms with Crippen LogP contribution in [0.5, 0.6) is 0 Å². The van der Waals surface area contributed by atoms with Crippen molar-refractivity contribution >= 4 is 22.9 Å². The predicted octanol–water partition coefficient (Wildman–Crippen LogP) is -0.624. The molecule has 0 bridgehead atoms. The molecular formula is C16H19N9O3. The summed E-state index contributed by atoms with van der Waals surface area (Å²) in [7, 11) is 1.53. The van der Waals surface area contributed by atoms with Crippen molar-refractivity contribution < 1.29 is 14.6 Å². The summed E-state index contributed by atoms with van der Waals surface area (Å²) in [5.74, 6) is 0.636. The molecule has 0 spiro atoms. The quantitative estimate of drug-likeness (QED) is 0.523. The van der Waals surface area contributed by atoms with Gasteiger partial charge in [0.1, 0.15) is 12.2 Å². The number of hydrogen-bond donors (Lipinski definition) is 3. The number of likely N-dealkylation sites (N-methyl/N-ethyl adjacent to an activating group) is 1. The van der Waals surface area contributed by atoms with Crippen molar-refractivity contribution in [1.29, 1.82) is 0 Å². The number of aliphatic hydroxyl groups excluding tert-OH is 1. The Kier molecular flexibility index (Phi) is 3.94. The lowest BCUT2D eigenvalue weighted by atomic mass is 10.2. The minimum Gasteiger partial charge on any atom is -0.388 e. The number of ether oxygens (including phenoxy) is 1. The summed E-state index contributed by atoms with van der Waals surface area (Å²) in [6, 6.07) is 0.359. The minimum atomic E-state index is -0.871. The van der Waals surface area contributed by atoms with Gasteiger partial charge in [-0.3, -0.25) is 9.36 Å². The third-order valence-electron chi connectivity index (χ3n) is 4.86. The fraction of sp³-hybridized carbons (Fsp3) is 0.500. The van der Waals surface area contributed by atoms with Crippen LogP contribution >= 0.6 is 0 Å². The van der Waals surface area contributed by atoms with Gasteiger partial charge in [-0.1, -0.05) is 5.21 Å². The number of anilines is 1. The van der Waals surface area contributed by atoms with Crippen LogP contribution in [0.1, 0.15) is 25.5 Å². The van der Waals surface area contributed by atoms with E-state index in [9.17, 15) is 9.90 Å². The molecule has 3 atom stereocenters. The number of amides is 1. The largest absolute Gasteiger partial charge is 0.388 e. The van der Waals surface area contributed by atoms with Crippen LogP contribution < -0.4 is 10.6 Å². The highest BCUT2D eigenvalue weighted by molar-refractivity contribution is 5.84. The fourth-order valence-corrected chi connectivity index (χ4v) is 3.26. The lowest BCUT2D eigenvalue weighted by molar-refractivity contribution is -0.134. The highest BCUT2D eigenvalue weighted by Crippen LogP contribution is 2.33. The zero-order valence-electron chi connectivity index (χ0n) is 15.1. The molecule has 1 saturated carbocycles. The van der Waals surface area contributed by atoms with Crippen LogP contribution in [0.4, 0.5) is 5.82 Å². The highest BCUT2D eigenvalue weighted by Gasteiger charge is 2.39. The number of aliphatic hydroxyl groups is 1. The maximum atomic E-state index is 11.9. The molecule has 0 aromatic carbocycles. The Labute approximate surface area is 158 Å². The van der Waals surface area contributed by atoms with Gasteiger partial charge >= 0.3 is 0 Å². The van der Waals surface area contributed by atoms with Crippen molar-refractivity contribution in [2.24, 2.45) is 0 Å². The molecule has 4 heterocycles. The Hall–Kier alpha value is -3.12. The second-order valence-electron chi connectivity index (χ2n) is 6.90. The number of hydrogen-bond acceptors (Lipinski definition) is 9. The number of carbonyl (C=O) groups is 1. The topological polar surface area (TPSA) is 145 Å². The molecule has 5 rings (SSSR count). The van der Waals surface area contributed by atoms with Crippen molar-refractivity contribution in [3.05, 3.63) is 18.7 Å². The standard InChI is InChI=1S/C16H19N9O3/c1-17-14(27)10-6-9(26)15(28-10)24-7-18-11-12(20-8-2-3-8)21-16(22-13(11)24)25-5-4-19-23-25/h4-5,7-10,15,26H,2-3,6H2,1H3,(H,17,27)(H,20,21,22)/t9-,10+,15-/m1/s1. The first-order valence-corrected chi connectivity index (χ1v) is 9.07.